The van der Waals surface area contributed by atoms with Gasteiger partial charge in [0.25, 0.3) is 5.91 Å². The number of aliphatic carboxylic acids is 1. The van der Waals surface area contributed by atoms with Crippen LogP contribution in [-0.4, -0.2) is 71.2 Å². The average molecular weight is 398 g/mol. The zero-order valence-electron chi connectivity index (χ0n) is 15.0. The summed E-state index contributed by atoms with van der Waals surface area (Å²) in [5.41, 5.74) is -2.43. The molecule has 1 aromatic carbocycles. The number of carbonyl (C=O) groups excluding carboxylic acids is 2. The van der Waals surface area contributed by atoms with Crippen molar-refractivity contribution < 1.29 is 28.6 Å². The minimum Gasteiger partial charge on any atom is -0.484 e. The zero-order chi connectivity index (χ0) is 19.9. The summed E-state index contributed by atoms with van der Waals surface area (Å²) in [7, 11) is 0. The van der Waals surface area contributed by atoms with Gasteiger partial charge in [0.2, 0.25) is 11.6 Å². The van der Waals surface area contributed by atoms with Crippen LogP contribution in [0.3, 0.4) is 0 Å². The first kappa shape index (κ1) is 21.0. The molecule has 0 bridgehead atoms. The Labute approximate surface area is 161 Å². The van der Waals surface area contributed by atoms with Gasteiger partial charge >= 0.3 is 5.97 Å². The van der Waals surface area contributed by atoms with Crippen LogP contribution in [0, 0.1) is 0 Å². The van der Waals surface area contributed by atoms with E-state index in [0.717, 1.165) is 4.90 Å². The normalized spacial score (nSPS) is 20.1. The van der Waals surface area contributed by atoms with E-state index in [-0.39, 0.29) is 19.6 Å². The van der Waals surface area contributed by atoms with E-state index < -0.39 is 36.0 Å². The van der Waals surface area contributed by atoms with Gasteiger partial charge in [0.15, 0.2) is 6.61 Å². The van der Waals surface area contributed by atoms with Gasteiger partial charge in [-0.2, -0.15) is 11.8 Å². The Kier molecular flexibility index (Phi) is 7.46. The number of para-hydroxylation sites is 1. The van der Waals surface area contributed by atoms with E-state index in [1.165, 1.54) is 11.8 Å². The Balaban J connectivity index is 1.94. The number of alkyl halides is 1. The molecule has 1 fully saturated rings. The summed E-state index contributed by atoms with van der Waals surface area (Å²) < 4.78 is 19.6. The molecule has 1 aromatic rings. The van der Waals surface area contributed by atoms with Crippen LogP contribution >= 0.6 is 11.8 Å². The Morgan fingerprint density at radius 1 is 1.37 bits per heavy atom. The number of ether oxygens (including phenoxy) is 1. The predicted octanol–water partition coefficient (Wildman–Crippen LogP) is 1.33. The average Bonchev–Trinajstić information content (AvgIpc) is 3.07. The maximum absolute atomic E-state index is 14.2. The second kappa shape index (κ2) is 9.59. The molecular formula is C18H23FN2O5S. The maximum atomic E-state index is 14.2. The molecular weight excluding hydrogens is 375 g/mol. The number of carboxylic acids is 1. The molecule has 0 saturated carbocycles. The molecule has 1 aliphatic rings. The fraction of sp³-hybridized carbons (Fsp3) is 0.500. The Morgan fingerprint density at radius 3 is 2.67 bits per heavy atom. The van der Waals surface area contributed by atoms with E-state index in [1.54, 1.807) is 24.3 Å². The number of halogens is 1. The van der Waals surface area contributed by atoms with Crippen LogP contribution in [0.25, 0.3) is 0 Å². The summed E-state index contributed by atoms with van der Waals surface area (Å²) in [6.45, 7) is -0.754. The third kappa shape index (κ3) is 5.85. The molecule has 0 aromatic heterocycles. The van der Waals surface area contributed by atoms with Crippen molar-refractivity contribution in [3.05, 3.63) is 30.3 Å². The number of nitrogens with zero attached hydrogens (tertiary/aromatic N) is 1. The van der Waals surface area contributed by atoms with Crippen molar-refractivity contribution in [1.29, 1.82) is 0 Å². The smallest absolute Gasteiger partial charge is 0.343 e. The minimum absolute atomic E-state index is 0.00773. The van der Waals surface area contributed by atoms with E-state index >= 15 is 0 Å². The van der Waals surface area contributed by atoms with E-state index in [9.17, 15) is 18.8 Å². The van der Waals surface area contributed by atoms with Gasteiger partial charge < -0.3 is 20.1 Å². The van der Waals surface area contributed by atoms with Gasteiger partial charge in [0, 0.05) is 13.0 Å². The lowest BCUT2D eigenvalue weighted by molar-refractivity contribution is -0.150. The van der Waals surface area contributed by atoms with Crippen LogP contribution in [0.5, 0.6) is 5.75 Å². The van der Waals surface area contributed by atoms with Crippen LogP contribution in [0.15, 0.2) is 30.3 Å². The molecule has 148 valence electrons. The monoisotopic (exact) mass is 398 g/mol. The van der Waals surface area contributed by atoms with E-state index in [1.807, 2.05) is 12.3 Å². The molecule has 27 heavy (non-hydrogen) atoms. The van der Waals surface area contributed by atoms with Gasteiger partial charge in [0.05, 0.1) is 6.54 Å². The largest absolute Gasteiger partial charge is 0.484 e. The molecule has 2 rings (SSSR count). The number of nitrogens with one attached hydrogen (secondary N) is 1. The highest BCUT2D eigenvalue weighted by atomic mass is 32.2. The molecule has 1 aliphatic heterocycles. The second-order valence-corrected chi connectivity index (χ2v) is 7.27. The molecule has 2 amide bonds. The first-order chi connectivity index (χ1) is 12.9. The molecule has 7 nitrogen and oxygen atoms in total. The van der Waals surface area contributed by atoms with Crippen LogP contribution in [0.4, 0.5) is 4.39 Å². The van der Waals surface area contributed by atoms with Crippen molar-refractivity contribution in [2.75, 3.05) is 31.7 Å². The summed E-state index contributed by atoms with van der Waals surface area (Å²) in [6.07, 6.45) is 1.98. The summed E-state index contributed by atoms with van der Waals surface area (Å²) in [4.78, 5) is 37.0. The lowest BCUT2D eigenvalue weighted by Crippen LogP contribution is -2.50. The summed E-state index contributed by atoms with van der Waals surface area (Å²) in [6, 6.07) is 7.94. The highest BCUT2D eigenvalue weighted by Gasteiger charge is 2.47. The number of benzene rings is 1. The van der Waals surface area contributed by atoms with Crippen molar-refractivity contribution in [2.45, 2.75) is 24.6 Å². The van der Waals surface area contributed by atoms with Crippen molar-refractivity contribution in [3.63, 3.8) is 0 Å². The van der Waals surface area contributed by atoms with Gasteiger partial charge in [-0.15, -0.1) is 0 Å². The van der Waals surface area contributed by atoms with E-state index in [4.69, 9.17) is 9.84 Å². The van der Waals surface area contributed by atoms with Crippen LogP contribution in [0.2, 0.25) is 0 Å². The number of carbonyl (C=O) groups is 3. The number of carboxylic acid groups (broad SMARTS) is 1. The molecule has 2 N–H and O–H groups in total. The van der Waals surface area contributed by atoms with Gasteiger partial charge in [0.1, 0.15) is 11.8 Å². The SMILES string of the molecule is CSCCC(NC(=O)COc1ccccc1)C(=O)N1CCC(F)(C(=O)O)C1. The first-order valence-corrected chi connectivity index (χ1v) is 9.92. The van der Waals surface area contributed by atoms with Crippen LogP contribution < -0.4 is 10.1 Å². The summed E-state index contributed by atoms with van der Waals surface area (Å²) in [5.74, 6) is -1.37. The van der Waals surface area contributed by atoms with E-state index in [2.05, 4.69) is 5.32 Å². The number of thioether (sulfide) groups is 1. The van der Waals surface area contributed by atoms with Gasteiger partial charge in [-0.05, 0) is 30.6 Å². The molecule has 9 heteroatoms. The molecule has 1 saturated heterocycles. The number of likely N-dealkylation sites (tertiary alicyclic amines) is 1. The Bertz CT molecular complexity index is 675. The maximum Gasteiger partial charge on any atom is 0.343 e. The second-order valence-electron chi connectivity index (χ2n) is 6.28. The Hall–Kier alpha value is -2.29. The molecule has 0 spiro atoms. The fourth-order valence-electron chi connectivity index (χ4n) is 2.75. The summed E-state index contributed by atoms with van der Waals surface area (Å²) >= 11 is 1.51. The molecule has 0 aliphatic carbocycles. The molecule has 2 atom stereocenters. The lowest BCUT2D eigenvalue weighted by atomic mass is 10.1. The topological polar surface area (TPSA) is 95.9 Å². The van der Waals surface area contributed by atoms with Crippen molar-refractivity contribution in [2.24, 2.45) is 0 Å². The highest BCUT2D eigenvalue weighted by Crippen LogP contribution is 2.26. The number of rotatable bonds is 9. The standard InChI is InChI=1S/C18H23FN2O5S/c1-27-10-7-14(16(23)21-9-8-18(19,12-21)17(24)25)20-15(22)11-26-13-5-3-2-4-6-13/h2-6,14H,7-12H2,1H3,(H,20,22)(H,24,25). The minimum atomic E-state index is -2.43. The van der Waals surface area contributed by atoms with Crippen molar-refractivity contribution in [1.82, 2.24) is 10.2 Å². The quantitative estimate of drug-likeness (QED) is 0.652. The van der Waals surface area contributed by atoms with Crippen molar-refractivity contribution >= 4 is 29.5 Å². The van der Waals surface area contributed by atoms with Gasteiger partial charge in [-0.25, -0.2) is 9.18 Å². The summed E-state index contributed by atoms with van der Waals surface area (Å²) in [5, 5.41) is 11.6. The van der Waals surface area contributed by atoms with Crippen LogP contribution in [-0.2, 0) is 14.4 Å². The third-order valence-corrected chi connectivity index (χ3v) is 4.92. The van der Waals surface area contributed by atoms with Crippen LogP contribution in [0.1, 0.15) is 12.8 Å². The molecule has 1 heterocycles. The van der Waals surface area contributed by atoms with Gasteiger partial charge in [-0.1, -0.05) is 18.2 Å². The van der Waals surface area contributed by atoms with Crippen molar-refractivity contribution in [3.8, 4) is 5.75 Å². The Morgan fingerprint density at radius 2 is 2.07 bits per heavy atom. The molecule has 2 unspecified atom stereocenters. The third-order valence-electron chi connectivity index (χ3n) is 4.27. The first-order valence-electron chi connectivity index (χ1n) is 8.53. The predicted molar refractivity (Wildman–Crippen MR) is 99.5 cm³/mol. The molecule has 0 radical (unpaired) electrons. The zero-order valence-corrected chi connectivity index (χ0v) is 15.8. The number of hydrogen-bond acceptors (Lipinski definition) is 5. The number of amides is 2. The lowest BCUT2D eigenvalue weighted by Gasteiger charge is -2.24. The fourth-order valence-corrected chi connectivity index (χ4v) is 3.22. The number of hydrogen-bond donors (Lipinski definition) is 2. The van der Waals surface area contributed by atoms with Gasteiger partial charge in [-0.3, -0.25) is 9.59 Å². The highest BCUT2D eigenvalue weighted by molar-refractivity contribution is 7.98. The van der Waals surface area contributed by atoms with E-state index in [0.29, 0.717) is 17.9 Å².